The Morgan fingerprint density at radius 3 is 2.52 bits per heavy atom. The lowest BCUT2D eigenvalue weighted by atomic mass is 9.98. The zero-order valence-electron chi connectivity index (χ0n) is 13.5. The van der Waals surface area contributed by atoms with Gasteiger partial charge in [-0.15, -0.1) is 6.42 Å². The Bertz CT molecular complexity index is 668. The van der Waals surface area contributed by atoms with E-state index in [2.05, 4.69) is 12.8 Å². The van der Waals surface area contributed by atoms with E-state index in [1.54, 1.807) is 0 Å². The SMILES string of the molecule is C#CC(CCCC)OC(=O)Cc1ccccc1-c1ccccc1. The van der Waals surface area contributed by atoms with E-state index < -0.39 is 6.10 Å². The Hall–Kier alpha value is -2.53. The lowest BCUT2D eigenvalue weighted by Gasteiger charge is -2.13. The Morgan fingerprint density at radius 1 is 1.13 bits per heavy atom. The quantitative estimate of drug-likeness (QED) is 0.550. The molecule has 0 N–H and O–H groups in total. The summed E-state index contributed by atoms with van der Waals surface area (Å²) in [6.07, 6.45) is 7.97. The summed E-state index contributed by atoms with van der Waals surface area (Å²) >= 11 is 0. The molecule has 0 aliphatic carbocycles. The predicted molar refractivity (Wildman–Crippen MR) is 93.8 cm³/mol. The van der Waals surface area contributed by atoms with E-state index >= 15 is 0 Å². The van der Waals surface area contributed by atoms with Crippen molar-refractivity contribution in [1.29, 1.82) is 0 Å². The van der Waals surface area contributed by atoms with Crippen LogP contribution in [0.3, 0.4) is 0 Å². The van der Waals surface area contributed by atoms with E-state index in [1.807, 2.05) is 54.6 Å². The molecule has 1 unspecified atom stereocenters. The van der Waals surface area contributed by atoms with Crippen LogP contribution in [-0.4, -0.2) is 12.1 Å². The zero-order chi connectivity index (χ0) is 16.5. The Kier molecular flexibility index (Phi) is 6.44. The van der Waals surface area contributed by atoms with Crippen LogP contribution in [0, 0.1) is 12.3 Å². The number of rotatable bonds is 7. The van der Waals surface area contributed by atoms with E-state index in [1.165, 1.54) is 0 Å². The van der Waals surface area contributed by atoms with Crippen molar-refractivity contribution in [3.8, 4) is 23.5 Å². The highest BCUT2D eigenvalue weighted by Crippen LogP contribution is 2.24. The standard InChI is InChI=1S/C21H22O2/c1-3-5-14-19(4-2)23-21(22)16-18-13-9-10-15-20(18)17-11-7-6-8-12-17/h2,6-13,15,19H,3,5,14,16H2,1H3. The minimum absolute atomic E-state index is 0.232. The number of hydrogen-bond acceptors (Lipinski definition) is 2. The average Bonchev–Trinajstić information content (AvgIpc) is 2.59. The Labute approximate surface area is 138 Å². The summed E-state index contributed by atoms with van der Waals surface area (Å²) in [4.78, 5) is 12.2. The second kappa shape index (κ2) is 8.80. The largest absolute Gasteiger partial charge is 0.449 e. The first kappa shape index (κ1) is 16.8. The molecule has 1 atom stereocenters. The maximum atomic E-state index is 12.2. The fourth-order valence-electron chi connectivity index (χ4n) is 2.50. The van der Waals surface area contributed by atoms with Crippen LogP contribution >= 0.6 is 0 Å². The van der Waals surface area contributed by atoms with Gasteiger partial charge in [0.05, 0.1) is 6.42 Å². The normalized spacial score (nSPS) is 11.5. The van der Waals surface area contributed by atoms with Crippen LogP contribution < -0.4 is 0 Å². The van der Waals surface area contributed by atoms with Crippen molar-refractivity contribution in [3.05, 3.63) is 60.2 Å². The number of hydrogen-bond donors (Lipinski definition) is 0. The molecule has 0 heterocycles. The van der Waals surface area contributed by atoms with Gasteiger partial charge in [0, 0.05) is 0 Å². The third kappa shape index (κ3) is 5.00. The molecule has 118 valence electrons. The van der Waals surface area contributed by atoms with Crippen molar-refractivity contribution in [1.82, 2.24) is 0 Å². The van der Waals surface area contributed by atoms with Gasteiger partial charge in [-0.3, -0.25) is 4.79 Å². The lowest BCUT2D eigenvalue weighted by molar-refractivity contribution is -0.145. The number of esters is 1. The third-order valence-electron chi connectivity index (χ3n) is 3.72. The number of unbranched alkanes of at least 4 members (excludes halogenated alkanes) is 1. The first-order chi connectivity index (χ1) is 11.2. The summed E-state index contributed by atoms with van der Waals surface area (Å²) in [5.74, 6) is 2.29. The highest BCUT2D eigenvalue weighted by Gasteiger charge is 2.14. The molecule has 0 saturated carbocycles. The van der Waals surface area contributed by atoms with Crippen molar-refractivity contribution in [2.24, 2.45) is 0 Å². The van der Waals surface area contributed by atoms with Crippen molar-refractivity contribution in [2.45, 2.75) is 38.7 Å². The van der Waals surface area contributed by atoms with Gasteiger partial charge in [-0.2, -0.15) is 0 Å². The topological polar surface area (TPSA) is 26.3 Å². The zero-order valence-corrected chi connectivity index (χ0v) is 13.5. The molecule has 0 spiro atoms. The van der Waals surface area contributed by atoms with Crippen LogP contribution in [0.5, 0.6) is 0 Å². The van der Waals surface area contributed by atoms with E-state index in [9.17, 15) is 4.79 Å². The van der Waals surface area contributed by atoms with Crippen LogP contribution in [0.1, 0.15) is 31.7 Å². The molecule has 23 heavy (non-hydrogen) atoms. The molecular formula is C21H22O2. The molecule has 2 heteroatoms. The maximum Gasteiger partial charge on any atom is 0.311 e. The summed E-state index contributed by atoms with van der Waals surface area (Å²) < 4.78 is 5.42. The number of ether oxygens (including phenoxy) is 1. The average molecular weight is 306 g/mol. The summed E-state index contributed by atoms with van der Waals surface area (Å²) in [7, 11) is 0. The monoisotopic (exact) mass is 306 g/mol. The molecule has 0 bridgehead atoms. The smallest absolute Gasteiger partial charge is 0.311 e. The Morgan fingerprint density at radius 2 is 1.83 bits per heavy atom. The molecular weight excluding hydrogens is 284 g/mol. The van der Waals surface area contributed by atoms with Gasteiger partial charge in [0.25, 0.3) is 0 Å². The number of carbonyl (C=O) groups excluding carboxylic acids is 1. The van der Waals surface area contributed by atoms with E-state index in [4.69, 9.17) is 11.2 Å². The van der Waals surface area contributed by atoms with Gasteiger partial charge in [0.2, 0.25) is 0 Å². The van der Waals surface area contributed by atoms with Crippen molar-refractivity contribution < 1.29 is 9.53 Å². The van der Waals surface area contributed by atoms with Gasteiger partial charge in [-0.25, -0.2) is 0 Å². The van der Waals surface area contributed by atoms with E-state index in [0.717, 1.165) is 36.0 Å². The minimum atomic E-state index is -0.425. The van der Waals surface area contributed by atoms with Gasteiger partial charge < -0.3 is 4.74 Å². The number of carbonyl (C=O) groups is 1. The summed E-state index contributed by atoms with van der Waals surface area (Å²) in [5, 5.41) is 0. The fraction of sp³-hybridized carbons (Fsp3) is 0.286. The fourth-order valence-corrected chi connectivity index (χ4v) is 2.50. The van der Waals surface area contributed by atoms with Crippen molar-refractivity contribution in [2.75, 3.05) is 0 Å². The molecule has 2 aromatic carbocycles. The molecule has 0 radical (unpaired) electrons. The maximum absolute atomic E-state index is 12.2. The molecule has 2 aromatic rings. The van der Waals surface area contributed by atoms with Crippen LogP contribution in [0.4, 0.5) is 0 Å². The van der Waals surface area contributed by atoms with Gasteiger partial charge in [0.15, 0.2) is 6.10 Å². The van der Waals surface area contributed by atoms with Crippen LogP contribution in [-0.2, 0) is 16.0 Å². The third-order valence-corrected chi connectivity index (χ3v) is 3.72. The molecule has 0 aromatic heterocycles. The number of terminal acetylenes is 1. The second-order valence-corrected chi connectivity index (χ2v) is 5.49. The molecule has 0 saturated heterocycles. The lowest BCUT2D eigenvalue weighted by Crippen LogP contribution is -2.18. The first-order valence-electron chi connectivity index (χ1n) is 8.03. The highest BCUT2D eigenvalue weighted by atomic mass is 16.5. The summed E-state index contributed by atoms with van der Waals surface area (Å²) in [6, 6.07) is 17.9. The second-order valence-electron chi connectivity index (χ2n) is 5.49. The molecule has 0 aliphatic heterocycles. The minimum Gasteiger partial charge on any atom is -0.449 e. The highest BCUT2D eigenvalue weighted by molar-refractivity contribution is 5.78. The molecule has 0 amide bonds. The van der Waals surface area contributed by atoms with Crippen LogP contribution in [0.2, 0.25) is 0 Å². The van der Waals surface area contributed by atoms with Gasteiger partial charge in [-0.1, -0.05) is 73.9 Å². The molecule has 2 nitrogen and oxygen atoms in total. The summed E-state index contributed by atoms with van der Waals surface area (Å²) in [6.45, 7) is 2.09. The van der Waals surface area contributed by atoms with E-state index in [-0.39, 0.29) is 12.4 Å². The van der Waals surface area contributed by atoms with Crippen LogP contribution in [0.25, 0.3) is 11.1 Å². The first-order valence-corrected chi connectivity index (χ1v) is 8.03. The van der Waals surface area contributed by atoms with Gasteiger partial charge in [0.1, 0.15) is 0 Å². The van der Waals surface area contributed by atoms with Crippen molar-refractivity contribution in [3.63, 3.8) is 0 Å². The Balaban J connectivity index is 2.09. The molecule has 0 aliphatic rings. The van der Waals surface area contributed by atoms with Gasteiger partial charge >= 0.3 is 5.97 Å². The predicted octanol–water partition coefficient (Wildman–Crippen LogP) is 4.63. The molecule has 0 fully saturated rings. The summed E-state index contributed by atoms with van der Waals surface area (Å²) in [5.41, 5.74) is 3.10. The van der Waals surface area contributed by atoms with E-state index in [0.29, 0.717) is 0 Å². The van der Waals surface area contributed by atoms with Gasteiger partial charge in [-0.05, 0) is 29.5 Å². The van der Waals surface area contributed by atoms with Crippen LogP contribution in [0.15, 0.2) is 54.6 Å². The number of benzene rings is 2. The van der Waals surface area contributed by atoms with Crippen molar-refractivity contribution >= 4 is 5.97 Å². The molecule has 2 rings (SSSR count).